The summed E-state index contributed by atoms with van der Waals surface area (Å²) in [4.78, 5) is 42.7. The van der Waals surface area contributed by atoms with Gasteiger partial charge < -0.3 is 20.4 Å². The highest BCUT2D eigenvalue weighted by Gasteiger charge is 2.23. The maximum Gasteiger partial charge on any atom is 0.319 e. The highest BCUT2D eigenvalue weighted by molar-refractivity contribution is 5.95. The molecule has 2 N–H and O–H groups in total. The quantitative estimate of drug-likeness (QED) is 0.575. The number of amides is 3. The van der Waals surface area contributed by atoms with Crippen LogP contribution in [0.2, 0.25) is 0 Å². The van der Waals surface area contributed by atoms with Crippen LogP contribution in [-0.2, 0) is 0 Å². The number of carbonyl (C=O) groups excluding carboxylic acids is 2. The first-order valence-electron chi connectivity index (χ1n) is 9.66. The summed E-state index contributed by atoms with van der Waals surface area (Å²) in [5, 5.41) is 16.2. The zero-order chi connectivity index (χ0) is 21.7. The number of urea groups is 1. The molecular formula is C20H24N6O4. The Hall–Kier alpha value is -3.69. The molecule has 0 saturated carbocycles. The lowest BCUT2D eigenvalue weighted by atomic mass is 10.1. The number of piperazine rings is 1. The number of nitrogens with zero attached hydrogens (tertiary/aromatic N) is 4. The highest BCUT2D eigenvalue weighted by atomic mass is 16.6. The molecule has 3 amide bonds. The maximum atomic E-state index is 12.8. The van der Waals surface area contributed by atoms with E-state index in [1.54, 1.807) is 35.2 Å². The third kappa shape index (κ3) is 5.22. The van der Waals surface area contributed by atoms with E-state index in [0.29, 0.717) is 43.2 Å². The number of aromatic nitrogens is 1. The van der Waals surface area contributed by atoms with Crippen LogP contribution in [0, 0.1) is 10.1 Å². The number of nitrogens with one attached hydrogen (secondary N) is 2. The molecule has 0 atom stereocenters. The van der Waals surface area contributed by atoms with Crippen LogP contribution >= 0.6 is 0 Å². The molecule has 1 aromatic carbocycles. The Morgan fingerprint density at radius 1 is 1.07 bits per heavy atom. The molecule has 0 bridgehead atoms. The maximum absolute atomic E-state index is 12.8. The van der Waals surface area contributed by atoms with Crippen molar-refractivity contribution >= 4 is 29.1 Å². The SMILES string of the molecule is CC(C)NC(=O)Nc1ccc(C(=O)N2CCN(c3ccc([N+](=O)[O-])cn3)CC2)cc1. The van der Waals surface area contributed by atoms with Gasteiger partial charge >= 0.3 is 6.03 Å². The van der Waals surface area contributed by atoms with Crippen molar-refractivity contribution < 1.29 is 14.5 Å². The first-order chi connectivity index (χ1) is 14.3. The Morgan fingerprint density at radius 3 is 2.27 bits per heavy atom. The van der Waals surface area contributed by atoms with E-state index < -0.39 is 4.92 Å². The van der Waals surface area contributed by atoms with E-state index in [-0.39, 0.29) is 23.7 Å². The molecule has 30 heavy (non-hydrogen) atoms. The zero-order valence-corrected chi connectivity index (χ0v) is 16.9. The average Bonchev–Trinajstić information content (AvgIpc) is 2.73. The van der Waals surface area contributed by atoms with Gasteiger partial charge in [0.15, 0.2) is 0 Å². The summed E-state index contributed by atoms with van der Waals surface area (Å²) in [6.07, 6.45) is 1.24. The molecule has 0 unspecified atom stereocenters. The van der Waals surface area contributed by atoms with Gasteiger partial charge in [0, 0.05) is 49.5 Å². The number of hydrogen-bond donors (Lipinski definition) is 2. The number of carbonyl (C=O) groups is 2. The van der Waals surface area contributed by atoms with Crippen molar-refractivity contribution in [1.29, 1.82) is 0 Å². The van der Waals surface area contributed by atoms with Gasteiger partial charge in [0.05, 0.1) is 4.92 Å². The van der Waals surface area contributed by atoms with Gasteiger partial charge in [-0.3, -0.25) is 14.9 Å². The summed E-state index contributed by atoms with van der Waals surface area (Å²) in [5.74, 6) is 0.576. The van der Waals surface area contributed by atoms with Crippen LogP contribution in [0.4, 0.5) is 22.0 Å². The molecule has 3 rings (SSSR count). The van der Waals surface area contributed by atoms with Crippen LogP contribution in [-0.4, -0.2) is 59.0 Å². The molecule has 1 fully saturated rings. The summed E-state index contributed by atoms with van der Waals surface area (Å²) in [5.41, 5.74) is 1.11. The standard InChI is InChI=1S/C20H24N6O4/c1-14(2)22-20(28)23-16-5-3-15(4-6-16)19(27)25-11-9-24(10-12-25)18-8-7-17(13-21-18)26(29)30/h3-8,13-14H,9-12H2,1-2H3,(H2,22,23,28). The topological polar surface area (TPSA) is 121 Å². The fourth-order valence-electron chi connectivity index (χ4n) is 3.12. The predicted molar refractivity (Wildman–Crippen MR) is 113 cm³/mol. The number of nitro groups is 1. The molecule has 1 saturated heterocycles. The van der Waals surface area contributed by atoms with Crippen molar-refractivity contribution in [1.82, 2.24) is 15.2 Å². The van der Waals surface area contributed by atoms with Crippen molar-refractivity contribution in [2.45, 2.75) is 19.9 Å². The highest BCUT2D eigenvalue weighted by Crippen LogP contribution is 2.19. The molecule has 0 spiro atoms. The number of anilines is 2. The van der Waals surface area contributed by atoms with Crippen LogP contribution in [0.25, 0.3) is 0 Å². The van der Waals surface area contributed by atoms with E-state index in [0.717, 1.165) is 0 Å². The lowest BCUT2D eigenvalue weighted by molar-refractivity contribution is -0.385. The van der Waals surface area contributed by atoms with Crippen LogP contribution in [0.1, 0.15) is 24.2 Å². The molecule has 10 heteroatoms. The normalized spacial score (nSPS) is 13.8. The van der Waals surface area contributed by atoms with Crippen molar-refractivity contribution in [3.63, 3.8) is 0 Å². The molecule has 0 aliphatic carbocycles. The minimum atomic E-state index is -0.481. The second-order valence-corrected chi connectivity index (χ2v) is 7.24. The first kappa shape index (κ1) is 21.0. The summed E-state index contributed by atoms with van der Waals surface area (Å²) < 4.78 is 0. The molecule has 158 valence electrons. The number of pyridine rings is 1. The Balaban J connectivity index is 1.54. The van der Waals surface area contributed by atoms with E-state index in [1.165, 1.54) is 12.3 Å². The van der Waals surface area contributed by atoms with Gasteiger partial charge in [-0.2, -0.15) is 0 Å². The van der Waals surface area contributed by atoms with E-state index in [4.69, 9.17) is 0 Å². The molecule has 10 nitrogen and oxygen atoms in total. The van der Waals surface area contributed by atoms with Gasteiger partial charge in [-0.15, -0.1) is 0 Å². The van der Waals surface area contributed by atoms with E-state index in [9.17, 15) is 19.7 Å². The fourth-order valence-corrected chi connectivity index (χ4v) is 3.12. The molecular weight excluding hydrogens is 388 g/mol. The van der Waals surface area contributed by atoms with E-state index in [1.807, 2.05) is 18.7 Å². The zero-order valence-electron chi connectivity index (χ0n) is 16.9. The number of rotatable bonds is 5. The van der Waals surface area contributed by atoms with Gasteiger partial charge in [0.2, 0.25) is 0 Å². The smallest absolute Gasteiger partial charge is 0.319 e. The van der Waals surface area contributed by atoms with Crippen molar-refractivity contribution in [2.24, 2.45) is 0 Å². The second kappa shape index (κ2) is 9.21. The van der Waals surface area contributed by atoms with Crippen molar-refractivity contribution in [2.75, 3.05) is 36.4 Å². The second-order valence-electron chi connectivity index (χ2n) is 7.24. The minimum Gasteiger partial charge on any atom is -0.353 e. The third-order valence-corrected chi connectivity index (χ3v) is 4.64. The lowest BCUT2D eigenvalue weighted by Gasteiger charge is -2.35. The van der Waals surface area contributed by atoms with Gasteiger partial charge in [-0.25, -0.2) is 9.78 Å². The molecule has 1 aliphatic heterocycles. The molecule has 1 aromatic heterocycles. The average molecular weight is 412 g/mol. The third-order valence-electron chi connectivity index (χ3n) is 4.64. The number of benzene rings is 1. The molecule has 2 heterocycles. The van der Waals surface area contributed by atoms with Crippen LogP contribution in [0.3, 0.4) is 0 Å². The predicted octanol–water partition coefficient (Wildman–Crippen LogP) is 2.48. The monoisotopic (exact) mass is 412 g/mol. The van der Waals surface area contributed by atoms with Gasteiger partial charge in [0.1, 0.15) is 12.0 Å². The summed E-state index contributed by atoms with van der Waals surface area (Å²) in [6.45, 7) is 5.97. The van der Waals surface area contributed by atoms with Gasteiger partial charge in [0.25, 0.3) is 11.6 Å². The summed E-state index contributed by atoms with van der Waals surface area (Å²) in [6, 6.07) is 9.57. The Labute approximate surface area is 174 Å². The minimum absolute atomic E-state index is 0.0331. The lowest BCUT2D eigenvalue weighted by Crippen LogP contribution is -2.49. The largest absolute Gasteiger partial charge is 0.353 e. The van der Waals surface area contributed by atoms with Gasteiger partial charge in [-0.1, -0.05) is 0 Å². The first-order valence-corrected chi connectivity index (χ1v) is 9.66. The summed E-state index contributed by atoms with van der Waals surface area (Å²) >= 11 is 0. The number of hydrogen-bond acceptors (Lipinski definition) is 6. The molecule has 1 aliphatic rings. The van der Waals surface area contributed by atoms with Crippen molar-refractivity contribution in [3.05, 3.63) is 58.3 Å². The Kier molecular flexibility index (Phi) is 6.45. The molecule has 0 radical (unpaired) electrons. The Morgan fingerprint density at radius 2 is 1.73 bits per heavy atom. The van der Waals surface area contributed by atoms with Gasteiger partial charge in [-0.05, 0) is 44.2 Å². The van der Waals surface area contributed by atoms with Crippen molar-refractivity contribution in [3.8, 4) is 0 Å². The summed E-state index contributed by atoms with van der Waals surface area (Å²) in [7, 11) is 0. The van der Waals surface area contributed by atoms with E-state index >= 15 is 0 Å². The molecule has 2 aromatic rings. The van der Waals surface area contributed by atoms with Crippen LogP contribution < -0.4 is 15.5 Å². The van der Waals surface area contributed by atoms with E-state index in [2.05, 4.69) is 15.6 Å². The Bertz CT molecular complexity index is 906. The van der Waals surface area contributed by atoms with Crippen LogP contribution in [0.5, 0.6) is 0 Å². The van der Waals surface area contributed by atoms with Crippen LogP contribution in [0.15, 0.2) is 42.6 Å². The fraction of sp³-hybridized carbons (Fsp3) is 0.350.